The van der Waals surface area contributed by atoms with E-state index in [0.29, 0.717) is 48.7 Å². The summed E-state index contributed by atoms with van der Waals surface area (Å²) in [4.78, 5) is 40.0. The van der Waals surface area contributed by atoms with E-state index in [9.17, 15) is 18.8 Å². The number of imide groups is 1. The van der Waals surface area contributed by atoms with Crippen molar-refractivity contribution in [3.8, 4) is 0 Å². The minimum absolute atomic E-state index is 0.00937. The van der Waals surface area contributed by atoms with Crippen LogP contribution in [0.1, 0.15) is 44.0 Å². The number of fused-ring (bicyclic) bond motifs is 1. The highest BCUT2D eigenvalue weighted by molar-refractivity contribution is 6.06. The van der Waals surface area contributed by atoms with E-state index < -0.39 is 36.1 Å². The van der Waals surface area contributed by atoms with E-state index in [0.717, 1.165) is 4.90 Å². The highest BCUT2D eigenvalue weighted by Crippen LogP contribution is 2.32. The molecule has 3 amide bonds. The first-order valence-corrected chi connectivity index (χ1v) is 11.2. The third-order valence-electron chi connectivity index (χ3n) is 6.21. The van der Waals surface area contributed by atoms with Crippen molar-refractivity contribution >= 4 is 23.4 Å². The van der Waals surface area contributed by atoms with Crippen LogP contribution in [0.2, 0.25) is 0 Å². The van der Waals surface area contributed by atoms with Crippen molar-refractivity contribution in [3.05, 3.63) is 64.5 Å². The number of benzene rings is 2. The van der Waals surface area contributed by atoms with Crippen LogP contribution >= 0.6 is 0 Å². The average Bonchev–Trinajstić information content (AvgIpc) is 3.24. The van der Waals surface area contributed by atoms with Gasteiger partial charge in [0, 0.05) is 64.2 Å². The number of nitrogens with zero attached hydrogens (tertiary/aromatic N) is 2. The quantitative estimate of drug-likeness (QED) is 0.630. The Balaban J connectivity index is 1.36. The minimum Gasteiger partial charge on any atom is -0.381 e. The fraction of sp³-hybridized carbons (Fsp3) is 0.400. The molecule has 2 fully saturated rings. The summed E-state index contributed by atoms with van der Waals surface area (Å²) in [5, 5.41) is 5.29. The number of carbonyl (C=O) groups is 3. The highest BCUT2D eigenvalue weighted by Gasteiger charge is 2.39. The van der Waals surface area contributed by atoms with E-state index in [1.165, 1.54) is 18.2 Å². The average molecular weight is 470 g/mol. The molecule has 8 nitrogen and oxygen atoms in total. The molecule has 3 aliphatic rings. The number of hydrogen-bond donors (Lipinski definition) is 2. The molecule has 5 rings (SSSR count). The Morgan fingerprint density at radius 1 is 1.21 bits per heavy atom. The molecular weight excluding hydrogens is 439 g/mol. The number of halogens is 1. The summed E-state index contributed by atoms with van der Waals surface area (Å²) in [7, 11) is 0. The predicted molar refractivity (Wildman–Crippen MR) is 122 cm³/mol. The van der Waals surface area contributed by atoms with Crippen molar-refractivity contribution in [3.63, 3.8) is 0 Å². The number of anilines is 1. The van der Waals surface area contributed by atoms with Crippen molar-refractivity contribution < 1.29 is 27.6 Å². The molecule has 0 saturated carbocycles. The lowest BCUT2D eigenvalue weighted by atomic mass is 10.0. The van der Waals surface area contributed by atoms with E-state index in [1.807, 2.05) is 0 Å². The minimum atomic E-state index is -1.90. The van der Waals surface area contributed by atoms with Crippen molar-refractivity contribution in [2.45, 2.75) is 38.4 Å². The number of hydrogen-bond acceptors (Lipinski definition) is 6. The Labute approximate surface area is 201 Å². The first kappa shape index (κ1) is 19.1. The third-order valence-corrected chi connectivity index (χ3v) is 6.21. The number of morpholine rings is 1. The zero-order valence-electron chi connectivity index (χ0n) is 21.5. The molecule has 0 aliphatic carbocycles. The lowest BCUT2D eigenvalue weighted by Gasteiger charge is -2.29. The van der Waals surface area contributed by atoms with E-state index in [2.05, 4.69) is 10.6 Å². The van der Waals surface area contributed by atoms with Crippen molar-refractivity contribution in [1.29, 1.82) is 0 Å². The number of ether oxygens (including phenoxy) is 1. The van der Waals surface area contributed by atoms with Gasteiger partial charge in [-0.25, -0.2) is 4.39 Å². The molecule has 2 aromatic carbocycles. The second-order valence-electron chi connectivity index (χ2n) is 8.42. The standard InChI is InChI=1S/C25H27FN4O4/c26-20-5-4-16(14-29-8-10-34-11-9-29)12-17(20)13-27-21-3-1-2-18-19(21)15-30(25(18)33)22-6-7-23(31)28-24(22)32/h1-5,12,22,27H,6-11,13-15H2,(H,28,31,32)/i14D2,22D. The van der Waals surface area contributed by atoms with Gasteiger partial charge in [0.2, 0.25) is 11.8 Å². The van der Waals surface area contributed by atoms with Gasteiger partial charge in [-0.3, -0.25) is 24.6 Å². The first-order chi connectivity index (χ1) is 17.6. The Morgan fingerprint density at radius 3 is 2.82 bits per heavy atom. The van der Waals surface area contributed by atoms with Crippen LogP contribution in [0.5, 0.6) is 0 Å². The fourth-order valence-corrected chi connectivity index (χ4v) is 4.41. The molecule has 2 N–H and O–H groups in total. The summed E-state index contributed by atoms with van der Waals surface area (Å²) in [6.07, 6.45) is -0.128. The van der Waals surface area contributed by atoms with Crippen LogP contribution in [-0.4, -0.2) is 59.8 Å². The number of carbonyl (C=O) groups excluding carboxylic acids is 3. The van der Waals surface area contributed by atoms with Gasteiger partial charge in [-0.2, -0.15) is 0 Å². The Kier molecular flexibility index (Phi) is 5.33. The SMILES string of the molecule is [2H]C1(N2Cc3c(NCc4cc(C([2H])([2H])N5CCOCC5)ccc4F)cccc3C2=O)CCC(=O)NC1=O. The Morgan fingerprint density at radius 2 is 2.03 bits per heavy atom. The predicted octanol–water partition coefficient (Wildman–Crippen LogP) is 2.03. The van der Waals surface area contributed by atoms with Gasteiger partial charge in [0.25, 0.3) is 5.91 Å². The van der Waals surface area contributed by atoms with Crippen LogP contribution in [0, 0.1) is 5.82 Å². The topological polar surface area (TPSA) is 91.0 Å². The molecule has 2 aromatic rings. The van der Waals surface area contributed by atoms with Gasteiger partial charge in [-0.15, -0.1) is 0 Å². The summed E-state index contributed by atoms with van der Waals surface area (Å²) in [5.74, 6) is -2.27. The lowest BCUT2D eigenvalue weighted by molar-refractivity contribution is -0.136. The van der Waals surface area contributed by atoms with Gasteiger partial charge < -0.3 is 15.0 Å². The third kappa shape index (κ3) is 4.53. The second-order valence-corrected chi connectivity index (χ2v) is 8.42. The van der Waals surface area contributed by atoms with Crippen LogP contribution in [0.4, 0.5) is 10.1 Å². The number of rotatable bonds is 6. The smallest absolute Gasteiger partial charge is 0.255 e. The van der Waals surface area contributed by atoms with Gasteiger partial charge in [-0.1, -0.05) is 12.1 Å². The highest BCUT2D eigenvalue weighted by atomic mass is 19.1. The molecule has 3 heterocycles. The normalized spacial score (nSPS) is 24.8. The number of amides is 3. The maximum absolute atomic E-state index is 14.7. The molecule has 0 bridgehead atoms. The van der Waals surface area contributed by atoms with Gasteiger partial charge in [0.15, 0.2) is 0 Å². The molecule has 178 valence electrons. The van der Waals surface area contributed by atoms with Crippen molar-refractivity contribution in [2.75, 3.05) is 31.6 Å². The zero-order valence-corrected chi connectivity index (χ0v) is 18.5. The summed E-state index contributed by atoms with van der Waals surface area (Å²) in [6.45, 7) is -0.0413. The maximum Gasteiger partial charge on any atom is 0.255 e. The van der Waals surface area contributed by atoms with Gasteiger partial charge in [0.1, 0.15) is 11.8 Å². The van der Waals surface area contributed by atoms with Gasteiger partial charge in [0.05, 0.1) is 14.6 Å². The van der Waals surface area contributed by atoms with Crippen LogP contribution < -0.4 is 10.6 Å². The summed E-state index contributed by atoms with van der Waals surface area (Å²) in [5.41, 5.74) is 2.05. The van der Waals surface area contributed by atoms with Gasteiger partial charge >= 0.3 is 0 Å². The molecule has 1 unspecified atom stereocenters. The molecule has 0 spiro atoms. The monoisotopic (exact) mass is 469 g/mol. The molecule has 9 heteroatoms. The zero-order chi connectivity index (χ0) is 26.4. The Bertz CT molecular complexity index is 1270. The maximum atomic E-state index is 14.7. The van der Waals surface area contributed by atoms with Gasteiger partial charge in [-0.05, 0) is 36.2 Å². The Hall–Kier alpha value is -3.30. The van der Waals surface area contributed by atoms with Crippen molar-refractivity contribution in [1.82, 2.24) is 15.1 Å². The molecule has 0 radical (unpaired) electrons. The fourth-order valence-electron chi connectivity index (χ4n) is 4.41. The largest absolute Gasteiger partial charge is 0.381 e. The number of piperidine rings is 1. The van der Waals surface area contributed by atoms with Crippen LogP contribution in [-0.2, 0) is 33.9 Å². The second kappa shape index (κ2) is 9.52. The molecule has 0 aromatic heterocycles. The molecular formula is C25H27FN4O4. The van der Waals surface area contributed by atoms with Crippen LogP contribution in [0.3, 0.4) is 0 Å². The van der Waals surface area contributed by atoms with Crippen LogP contribution in [0.15, 0.2) is 36.4 Å². The molecule has 34 heavy (non-hydrogen) atoms. The summed E-state index contributed by atoms with van der Waals surface area (Å²) >= 11 is 0. The summed E-state index contributed by atoms with van der Waals surface area (Å²) < 4.78 is 45.9. The van der Waals surface area contributed by atoms with E-state index in [-0.39, 0.29) is 31.5 Å². The molecule has 1 atom stereocenters. The summed E-state index contributed by atoms with van der Waals surface area (Å²) in [6, 6.07) is 7.29. The van der Waals surface area contributed by atoms with E-state index in [1.54, 1.807) is 23.1 Å². The first-order valence-electron chi connectivity index (χ1n) is 12.7. The van der Waals surface area contributed by atoms with E-state index >= 15 is 0 Å². The lowest BCUT2D eigenvalue weighted by Crippen LogP contribution is -2.52. The van der Waals surface area contributed by atoms with Crippen LogP contribution in [0.25, 0.3) is 0 Å². The van der Waals surface area contributed by atoms with Crippen molar-refractivity contribution in [2.24, 2.45) is 0 Å². The number of nitrogens with one attached hydrogen (secondary N) is 2. The molecule has 3 aliphatic heterocycles. The van der Waals surface area contributed by atoms with E-state index in [4.69, 9.17) is 8.85 Å². The molecule has 2 saturated heterocycles.